The van der Waals surface area contributed by atoms with Crippen molar-refractivity contribution in [2.24, 2.45) is 5.14 Å². The summed E-state index contributed by atoms with van der Waals surface area (Å²) in [7, 11) is -7.88. The molecule has 0 spiro atoms. The molecule has 1 unspecified atom stereocenters. The first-order valence-electron chi connectivity index (χ1n) is 9.67. The molecule has 1 aromatic carbocycles. The van der Waals surface area contributed by atoms with Crippen LogP contribution in [0.3, 0.4) is 0 Å². The van der Waals surface area contributed by atoms with Crippen LogP contribution in [0, 0.1) is 0 Å². The molecule has 166 valence electrons. The van der Waals surface area contributed by atoms with Gasteiger partial charge in [0.1, 0.15) is 10.3 Å². The molecule has 2 aromatic rings. The van der Waals surface area contributed by atoms with E-state index in [1.165, 1.54) is 34.6 Å². The Hall–Kier alpha value is -2.12. The smallest absolute Gasteiger partial charge is 0.253 e. The van der Waals surface area contributed by atoms with E-state index in [9.17, 15) is 26.4 Å². The molecule has 1 saturated heterocycles. The summed E-state index contributed by atoms with van der Waals surface area (Å²) in [4.78, 5) is 26.8. The Morgan fingerprint density at radius 3 is 2.19 bits per heavy atom. The minimum Gasteiger partial charge on any atom is -0.274 e. The molecule has 1 aliphatic carbocycles. The van der Waals surface area contributed by atoms with Gasteiger partial charge < -0.3 is 0 Å². The number of hydrogen-bond donors (Lipinski definition) is 1. The quantitative estimate of drug-likeness (QED) is 0.621. The number of carbonyl (C=O) groups excluding carboxylic acids is 2. The van der Waals surface area contributed by atoms with Crippen molar-refractivity contribution in [1.29, 1.82) is 0 Å². The second-order valence-electron chi connectivity index (χ2n) is 7.53. The Bertz CT molecular complexity index is 1200. The van der Waals surface area contributed by atoms with Crippen LogP contribution < -0.4 is 10.0 Å². The first-order chi connectivity index (χ1) is 14.6. The molecule has 2 N–H and O–H groups in total. The molecule has 9 nitrogen and oxygen atoms in total. The van der Waals surface area contributed by atoms with E-state index in [1.807, 2.05) is 0 Å². The number of nitrogens with zero attached hydrogens (tertiary/aromatic N) is 2. The number of benzene rings is 1. The maximum absolute atomic E-state index is 13.4. The Labute approximate surface area is 184 Å². The molecule has 2 aliphatic rings. The highest BCUT2D eigenvalue weighted by molar-refractivity contribution is 7.91. The Balaban J connectivity index is 1.70. The summed E-state index contributed by atoms with van der Waals surface area (Å²) < 4.78 is 51.1. The minimum absolute atomic E-state index is 0.135. The molecule has 1 saturated carbocycles. The molecular weight excluding hydrogens is 462 g/mol. The van der Waals surface area contributed by atoms with Crippen molar-refractivity contribution < 1.29 is 26.4 Å². The normalized spacial score (nSPS) is 20.8. The van der Waals surface area contributed by atoms with E-state index in [1.54, 1.807) is 11.4 Å². The molecule has 2 heterocycles. The van der Waals surface area contributed by atoms with Gasteiger partial charge in [-0.25, -0.2) is 26.9 Å². The first-order valence-corrected chi connectivity index (χ1v) is 13.5. The van der Waals surface area contributed by atoms with Crippen LogP contribution in [0.5, 0.6) is 0 Å². The van der Waals surface area contributed by atoms with Crippen LogP contribution in [-0.4, -0.2) is 45.0 Å². The topological polar surface area (TPSA) is 135 Å². The average Bonchev–Trinajstić information content (AvgIpc) is 3.45. The summed E-state index contributed by atoms with van der Waals surface area (Å²) >= 11 is 1.07. The van der Waals surface area contributed by atoms with Crippen molar-refractivity contribution in [3.05, 3.63) is 41.8 Å². The van der Waals surface area contributed by atoms with Crippen molar-refractivity contribution in [3.63, 3.8) is 0 Å². The second-order valence-corrected chi connectivity index (χ2v) is 12.1. The number of rotatable bonds is 6. The summed E-state index contributed by atoms with van der Waals surface area (Å²) in [5, 5.41) is 6.75. The maximum Gasteiger partial charge on any atom is 0.253 e. The van der Waals surface area contributed by atoms with Gasteiger partial charge in [-0.2, -0.15) is 4.31 Å². The van der Waals surface area contributed by atoms with Gasteiger partial charge in [0.15, 0.2) is 0 Å². The van der Waals surface area contributed by atoms with Gasteiger partial charge in [0.25, 0.3) is 15.9 Å². The molecule has 1 atom stereocenters. The van der Waals surface area contributed by atoms with E-state index in [4.69, 9.17) is 5.14 Å². The summed E-state index contributed by atoms with van der Waals surface area (Å²) in [6.07, 6.45) is 2.71. The van der Waals surface area contributed by atoms with Gasteiger partial charge in [-0.05, 0) is 48.6 Å². The van der Waals surface area contributed by atoms with Crippen LogP contribution in [0.4, 0.5) is 5.69 Å². The Morgan fingerprint density at radius 2 is 1.65 bits per heavy atom. The number of hydrogen-bond acceptors (Lipinski definition) is 7. The zero-order valence-electron chi connectivity index (χ0n) is 16.4. The van der Waals surface area contributed by atoms with Gasteiger partial charge in [-0.1, -0.05) is 18.9 Å². The van der Waals surface area contributed by atoms with Crippen molar-refractivity contribution in [1.82, 2.24) is 4.31 Å². The number of amides is 2. The summed E-state index contributed by atoms with van der Waals surface area (Å²) in [5.74, 6) is -1.18. The highest BCUT2D eigenvalue weighted by atomic mass is 32.2. The lowest BCUT2D eigenvalue weighted by Crippen LogP contribution is -2.49. The molecule has 2 fully saturated rings. The van der Waals surface area contributed by atoms with Gasteiger partial charge in [-0.3, -0.25) is 9.59 Å². The Morgan fingerprint density at radius 1 is 1.00 bits per heavy atom. The molecular formula is C19H21N3O6S3. The van der Waals surface area contributed by atoms with Crippen molar-refractivity contribution in [3.8, 4) is 0 Å². The zero-order chi connectivity index (χ0) is 22.4. The lowest BCUT2D eigenvalue weighted by molar-refractivity contribution is -0.122. The molecule has 0 bridgehead atoms. The van der Waals surface area contributed by atoms with Gasteiger partial charge >= 0.3 is 0 Å². The van der Waals surface area contributed by atoms with E-state index < -0.39 is 37.9 Å². The molecule has 0 radical (unpaired) electrons. The van der Waals surface area contributed by atoms with E-state index in [0.29, 0.717) is 12.8 Å². The predicted molar refractivity (Wildman–Crippen MR) is 114 cm³/mol. The fourth-order valence-corrected chi connectivity index (χ4v) is 7.60. The van der Waals surface area contributed by atoms with Gasteiger partial charge in [0.05, 0.1) is 17.0 Å². The first kappa shape index (κ1) is 22.1. The molecule has 12 heteroatoms. The van der Waals surface area contributed by atoms with Crippen LogP contribution in [0.15, 0.2) is 50.9 Å². The van der Waals surface area contributed by atoms with Crippen molar-refractivity contribution >= 4 is 48.9 Å². The number of sulfonamides is 2. The molecule has 1 aliphatic heterocycles. The van der Waals surface area contributed by atoms with Crippen LogP contribution in [0.2, 0.25) is 0 Å². The fourth-order valence-electron chi connectivity index (χ4n) is 4.16. The van der Waals surface area contributed by atoms with Crippen LogP contribution in [-0.2, 0) is 29.6 Å². The number of anilines is 1. The monoisotopic (exact) mass is 483 g/mol. The third-order valence-corrected chi connectivity index (χ3v) is 9.83. The number of carbonyl (C=O) groups is 2. The molecule has 2 amide bonds. The fraction of sp³-hybridized carbons (Fsp3) is 0.368. The predicted octanol–water partition coefficient (Wildman–Crippen LogP) is 1.66. The van der Waals surface area contributed by atoms with Crippen LogP contribution >= 0.6 is 11.3 Å². The highest BCUT2D eigenvalue weighted by Gasteiger charge is 2.50. The van der Waals surface area contributed by atoms with Gasteiger partial charge in [-0.15, -0.1) is 11.3 Å². The van der Waals surface area contributed by atoms with Crippen LogP contribution in [0.25, 0.3) is 0 Å². The third kappa shape index (κ3) is 4.05. The van der Waals surface area contributed by atoms with E-state index in [2.05, 4.69) is 0 Å². The summed E-state index contributed by atoms with van der Waals surface area (Å²) in [6.45, 7) is 0. The van der Waals surface area contributed by atoms with Crippen LogP contribution in [0.1, 0.15) is 32.1 Å². The van der Waals surface area contributed by atoms with E-state index >= 15 is 0 Å². The van der Waals surface area contributed by atoms with Gasteiger partial charge in [0, 0.05) is 6.04 Å². The van der Waals surface area contributed by atoms with Crippen molar-refractivity contribution in [2.45, 2.75) is 53.3 Å². The number of nitrogens with two attached hydrogens (primary N) is 1. The number of imide groups is 1. The lowest BCUT2D eigenvalue weighted by Gasteiger charge is -2.31. The van der Waals surface area contributed by atoms with Gasteiger partial charge in [0.2, 0.25) is 15.9 Å². The maximum atomic E-state index is 13.4. The summed E-state index contributed by atoms with van der Waals surface area (Å²) in [6, 6.07) is 6.67. The third-order valence-electron chi connectivity index (χ3n) is 5.56. The zero-order valence-corrected chi connectivity index (χ0v) is 18.8. The average molecular weight is 484 g/mol. The second kappa shape index (κ2) is 8.10. The van der Waals surface area contributed by atoms with Crippen molar-refractivity contribution in [2.75, 3.05) is 4.90 Å². The molecule has 1 aromatic heterocycles. The molecule has 31 heavy (non-hydrogen) atoms. The number of primary sulfonamides is 1. The summed E-state index contributed by atoms with van der Waals surface area (Å²) in [5.41, 5.74) is 0.171. The largest absolute Gasteiger partial charge is 0.274 e. The minimum atomic E-state index is -3.96. The number of thiophene rings is 1. The SMILES string of the molecule is NS(=O)(=O)c1ccc(N2C(=O)CC(N(C3CCCC3)S(=O)(=O)c3cccs3)C2=O)cc1. The lowest BCUT2D eigenvalue weighted by atomic mass is 10.2. The van der Waals surface area contributed by atoms with E-state index in [-0.39, 0.29) is 27.3 Å². The standard InChI is InChI=1S/C19H21N3O6S3/c20-30(25,26)15-9-7-13(8-10-15)21-17(23)12-16(19(21)24)22(14-4-1-2-5-14)31(27,28)18-6-3-11-29-18/h3,6-11,14,16H,1-2,4-5,12H2,(H2,20,25,26). The Kier molecular flexibility index (Phi) is 5.77. The molecule has 4 rings (SSSR count). The van der Waals surface area contributed by atoms with E-state index in [0.717, 1.165) is 29.1 Å². The highest BCUT2D eigenvalue weighted by Crippen LogP contribution is 2.36.